The van der Waals surface area contributed by atoms with Crippen LogP contribution in [0, 0.1) is 0 Å². The largest absolute Gasteiger partial charge is 0.497 e. The van der Waals surface area contributed by atoms with Gasteiger partial charge in [0.05, 0.1) is 7.11 Å². The first-order chi connectivity index (χ1) is 11.3. The molecule has 116 valence electrons. The van der Waals surface area contributed by atoms with Gasteiger partial charge in [0.2, 0.25) is 5.82 Å². The lowest BCUT2D eigenvalue weighted by Gasteiger charge is -2.26. The number of rotatable bonds is 3. The molecule has 1 aliphatic rings. The number of benzene rings is 2. The lowest BCUT2D eigenvalue weighted by Crippen LogP contribution is -2.30. The molecule has 0 N–H and O–H groups in total. The van der Waals surface area contributed by atoms with Crippen molar-refractivity contribution < 1.29 is 9.26 Å². The van der Waals surface area contributed by atoms with Gasteiger partial charge in [-0.3, -0.25) is 0 Å². The van der Waals surface area contributed by atoms with Crippen molar-refractivity contribution in [2.45, 2.75) is 13.0 Å². The Morgan fingerprint density at radius 1 is 1.04 bits per heavy atom. The zero-order valence-corrected chi connectivity index (χ0v) is 12.9. The molecule has 0 unspecified atom stereocenters. The van der Waals surface area contributed by atoms with Gasteiger partial charge >= 0.3 is 6.01 Å². The Balaban J connectivity index is 1.56. The molecule has 0 amide bonds. The molecule has 0 atom stereocenters. The maximum absolute atomic E-state index is 5.46. The molecule has 0 bridgehead atoms. The highest BCUT2D eigenvalue weighted by atomic mass is 16.5. The van der Waals surface area contributed by atoms with Crippen molar-refractivity contribution in [3.8, 4) is 17.1 Å². The van der Waals surface area contributed by atoms with Crippen LogP contribution in [0.5, 0.6) is 5.75 Å². The monoisotopic (exact) mass is 307 g/mol. The van der Waals surface area contributed by atoms with Crippen LogP contribution in [-0.2, 0) is 13.0 Å². The Hall–Kier alpha value is -2.82. The van der Waals surface area contributed by atoms with Crippen LogP contribution in [0.4, 0.5) is 6.01 Å². The fourth-order valence-corrected chi connectivity index (χ4v) is 2.86. The number of anilines is 1. The fourth-order valence-electron chi connectivity index (χ4n) is 2.86. The lowest BCUT2D eigenvalue weighted by atomic mass is 10.0. The quantitative estimate of drug-likeness (QED) is 0.743. The number of methoxy groups -OCH3 is 1. The molecule has 3 aromatic rings. The molecule has 0 saturated heterocycles. The topological polar surface area (TPSA) is 51.4 Å². The molecule has 0 fully saturated rings. The summed E-state index contributed by atoms with van der Waals surface area (Å²) in [6, 6.07) is 16.7. The first-order valence-corrected chi connectivity index (χ1v) is 7.63. The van der Waals surface area contributed by atoms with Crippen molar-refractivity contribution in [3.05, 3.63) is 59.7 Å². The third-order valence-electron chi connectivity index (χ3n) is 4.16. The van der Waals surface area contributed by atoms with E-state index < -0.39 is 0 Å². The van der Waals surface area contributed by atoms with E-state index in [0.29, 0.717) is 11.8 Å². The van der Waals surface area contributed by atoms with Crippen molar-refractivity contribution in [1.82, 2.24) is 10.1 Å². The Morgan fingerprint density at radius 2 is 1.83 bits per heavy atom. The van der Waals surface area contributed by atoms with Crippen LogP contribution < -0.4 is 9.64 Å². The van der Waals surface area contributed by atoms with E-state index in [2.05, 4.69) is 39.3 Å². The first kappa shape index (κ1) is 13.8. The number of fused-ring (bicyclic) bond motifs is 1. The molecule has 0 saturated carbocycles. The summed E-state index contributed by atoms with van der Waals surface area (Å²) in [5.74, 6) is 1.41. The molecular formula is C18H17N3O2. The zero-order valence-electron chi connectivity index (χ0n) is 12.9. The van der Waals surface area contributed by atoms with Gasteiger partial charge < -0.3 is 14.2 Å². The molecular weight excluding hydrogens is 290 g/mol. The molecule has 2 heterocycles. The van der Waals surface area contributed by atoms with Crippen molar-refractivity contribution in [2.24, 2.45) is 0 Å². The van der Waals surface area contributed by atoms with Crippen LogP contribution in [0.2, 0.25) is 0 Å². The highest BCUT2D eigenvalue weighted by molar-refractivity contribution is 5.57. The van der Waals surface area contributed by atoms with Gasteiger partial charge in [-0.1, -0.05) is 29.4 Å². The second-order valence-corrected chi connectivity index (χ2v) is 5.57. The molecule has 1 aromatic heterocycles. The Morgan fingerprint density at radius 3 is 2.61 bits per heavy atom. The van der Waals surface area contributed by atoms with Gasteiger partial charge in [0, 0.05) is 18.7 Å². The smallest absolute Gasteiger partial charge is 0.324 e. The van der Waals surface area contributed by atoms with Crippen molar-refractivity contribution in [2.75, 3.05) is 18.6 Å². The average Bonchev–Trinajstić information content (AvgIpc) is 3.11. The van der Waals surface area contributed by atoms with E-state index in [4.69, 9.17) is 9.26 Å². The summed E-state index contributed by atoms with van der Waals surface area (Å²) in [6.07, 6.45) is 0.996. The normalized spacial score (nSPS) is 13.7. The number of nitrogens with zero attached hydrogens (tertiary/aromatic N) is 3. The second kappa shape index (κ2) is 5.76. The third kappa shape index (κ3) is 2.65. The minimum Gasteiger partial charge on any atom is -0.497 e. The SMILES string of the molecule is COc1ccc(-c2noc(N3CCc4ccccc4C3)n2)cc1. The molecule has 5 heteroatoms. The van der Waals surface area contributed by atoms with Crippen LogP contribution in [0.25, 0.3) is 11.4 Å². The van der Waals surface area contributed by atoms with Crippen LogP contribution in [0.1, 0.15) is 11.1 Å². The summed E-state index contributed by atoms with van der Waals surface area (Å²) in [4.78, 5) is 6.67. The minimum atomic E-state index is 0.574. The van der Waals surface area contributed by atoms with Gasteiger partial charge in [-0.05, 0) is 41.8 Å². The number of hydrogen-bond donors (Lipinski definition) is 0. The molecule has 1 aliphatic heterocycles. The van der Waals surface area contributed by atoms with E-state index in [-0.39, 0.29) is 0 Å². The van der Waals surface area contributed by atoms with Gasteiger partial charge in [0.15, 0.2) is 0 Å². The number of aromatic nitrogens is 2. The summed E-state index contributed by atoms with van der Waals surface area (Å²) < 4.78 is 10.6. The summed E-state index contributed by atoms with van der Waals surface area (Å²) >= 11 is 0. The number of ether oxygens (including phenoxy) is 1. The summed E-state index contributed by atoms with van der Waals surface area (Å²) in [7, 11) is 1.65. The van der Waals surface area contributed by atoms with Crippen molar-refractivity contribution in [3.63, 3.8) is 0 Å². The van der Waals surface area contributed by atoms with Gasteiger partial charge in [-0.2, -0.15) is 4.98 Å². The Kier molecular flexibility index (Phi) is 3.46. The second-order valence-electron chi connectivity index (χ2n) is 5.57. The van der Waals surface area contributed by atoms with Gasteiger partial charge in [-0.15, -0.1) is 0 Å². The predicted octanol–water partition coefficient (Wildman–Crippen LogP) is 3.31. The highest BCUT2D eigenvalue weighted by Crippen LogP contribution is 2.26. The maximum atomic E-state index is 5.46. The molecule has 23 heavy (non-hydrogen) atoms. The number of hydrogen-bond acceptors (Lipinski definition) is 5. The van der Waals surface area contributed by atoms with E-state index in [9.17, 15) is 0 Å². The van der Waals surface area contributed by atoms with Gasteiger partial charge in [-0.25, -0.2) is 0 Å². The van der Waals surface area contributed by atoms with Crippen LogP contribution in [0.15, 0.2) is 53.1 Å². The lowest BCUT2D eigenvalue weighted by molar-refractivity contribution is 0.410. The van der Waals surface area contributed by atoms with E-state index in [1.807, 2.05) is 24.3 Å². The standard InChI is InChI=1S/C18H17N3O2/c1-22-16-8-6-14(7-9-16)17-19-18(23-20-17)21-11-10-13-4-2-3-5-15(13)12-21/h2-9H,10-12H2,1H3. The van der Waals surface area contributed by atoms with Crippen molar-refractivity contribution in [1.29, 1.82) is 0 Å². The van der Waals surface area contributed by atoms with Gasteiger partial charge in [0.1, 0.15) is 5.75 Å². The highest BCUT2D eigenvalue weighted by Gasteiger charge is 2.21. The van der Waals surface area contributed by atoms with Gasteiger partial charge in [0.25, 0.3) is 0 Å². The predicted molar refractivity (Wildman–Crippen MR) is 87.5 cm³/mol. The molecule has 0 spiro atoms. The average molecular weight is 307 g/mol. The van der Waals surface area contributed by atoms with E-state index in [0.717, 1.165) is 30.8 Å². The molecule has 4 rings (SSSR count). The summed E-state index contributed by atoms with van der Waals surface area (Å²) in [6.45, 7) is 1.70. The Bertz CT molecular complexity index is 811. The molecule has 5 nitrogen and oxygen atoms in total. The minimum absolute atomic E-state index is 0.574. The van der Waals surface area contributed by atoms with Crippen LogP contribution in [-0.4, -0.2) is 23.8 Å². The Labute approximate surface area is 134 Å². The van der Waals surface area contributed by atoms with E-state index in [1.165, 1.54) is 11.1 Å². The van der Waals surface area contributed by atoms with Crippen molar-refractivity contribution >= 4 is 6.01 Å². The molecule has 2 aromatic carbocycles. The van der Waals surface area contributed by atoms with E-state index >= 15 is 0 Å². The first-order valence-electron chi connectivity index (χ1n) is 7.63. The van der Waals surface area contributed by atoms with Crippen LogP contribution in [0.3, 0.4) is 0 Å². The maximum Gasteiger partial charge on any atom is 0.324 e. The fraction of sp³-hybridized carbons (Fsp3) is 0.222. The zero-order chi connectivity index (χ0) is 15.6. The van der Waals surface area contributed by atoms with Crippen LogP contribution >= 0.6 is 0 Å². The molecule has 0 radical (unpaired) electrons. The van der Waals surface area contributed by atoms with E-state index in [1.54, 1.807) is 7.11 Å². The summed E-state index contributed by atoms with van der Waals surface area (Å²) in [5.41, 5.74) is 3.64. The molecule has 0 aliphatic carbocycles. The summed E-state index contributed by atoms with van der Waals surface area (Å²) in [5, 5.41) is 4.10. The third-order valence-corrected chi connectivity index (χ3v) is 4.16.